The van der Waals surface area contributed by atoms with Gasteiger partial charge in [0.2, 0.25) is 0 Å². The van der Waals surface area contributed by atoms with Crippen LogP contribution in [0.5, 0.6) is 5.88 Å². The van der Waals surface area contributed by atoms with Crippen LogP contribution in [0.1, 0.15) is 16.7 Å². The summed E-state index contributed by atoms with van der Waals surface area (Å²) in [4.78, 5) is 18.3. The maximum atomic E-state index is 11.2. The van der Waals surface area contributed by atoms with Gasteiger partial charge in [0.25, 0.3) is 5.69 Å². The van der Waals surface area contributed by atoms with Crippen LogP contribution < -0.4 is 0 Å². The fourth-order valence-electron chi connectivity index (χ4n) is 3.15. The van der Waals surface area contributed by atoms with E-state index in [2.05, 4.69) is 16.0 Å². The number of nitrogens with one attached hydrogen (secondary N) is 1. The topological polar surface area (TPSA) is 115 Å². The Kier molecular flexibility index (Phi) is 4.51. The molecule has 4 aromatic rings. The van der Waals surface area contributed by atoms with E-state index in [9.17, 15) is 15.2 Å². The van der Waals surface area contributed by atoms with Gasteiger partial charge in [0.05, 0.1) is 33.5 Å². The number of benzene rings is 3. The number of rotatable bonds is 4. The van der Waals surface area contributed by atoms with Gasteiger partial charge < -0.3 is 10.1 Å². The molecule has 0 amide bonds. The van der Waals surface area contributed by atoms with Crippen LogP contribution in [0, 0.1) is 21.4 Å². The molecule has 0 aliphatic rings. The SMILES string of the molecule is N#Cc1cccc(N=C(c2ccccc2)c2c(O)[nH]c3ccc([N+](=O)[O-])cc23)c1. The molecule has 0 aliphatic carbocycles. The molecule has 1 heterocycles. The molecule has 3 aromatic carbocycles. The van der Waals surface area contributed by atoms with Crippen LogP contribution in [-0.2, 0) is 0 Å². The Balaban J connectivity index is 2.01. The highest BCUT2D eigenvalue weighted by atomic mass is 16.6. The first-order valence-corrected chi connectivity index (χ1v) is 8.70. The van der Waals surface area contributed by atoms with Gasteiger partial charge in [0.1, 0.15) is 0 Å². The third-order valence-electron chi connectivity index (χ3n) is 4.47. The normalized spacial score (nSPS) is 11.3. The van der Waals surface area contributed by atoms with Crippen molar-refractivity contribution in [3.05, 3.63) is 99.6 Å². The smallest absolute Gasteiger partial charge is 0.270 e. The lowest BCUT2D eigenvalue weighted by atomic mass is 10.0. The maximum Gasteiger partial charge on any atom is 0.270 e. The van der Waals surface area contributed by atoms with Gasteiger partial charge in [0.15, 0.2) is 5.88 Å². The Labute approximate surface area is 165 Å². The number of aromatic nitrogens is 1. The van der Waals surface area contributed by atoms with Crippen molar-refractivity contribution in [1.29, 1.82) is 5.26 Å². The zero-order chi connectivity index (χ0) is 20.4. The van der Waals surface area contributed by atoms with Crippen molar-refractivity contribution in [2.45, 2.75) is 0 Å². The number of non-ortho nitro benzene ring substituents is 1. The van der Waals surface area contributed by atoms with E-state index in [1.54, 1.807) is 30.3 Å². The van der Waals surface area contributed by atoms with Gasteiger partial charge in [-0.2, -0.15) is 5.26 Å². The highest BCUT2D eigenvalue weighted by Gasteiger charge is 2.20. The van der Waals surface area contributed by atoms with Crippen molar-refractivity contribution in [2.24, 2.45) is 4.99 Å². The summed E-state index contributed by atoms with van der Waals surface area (Å²) in [5, 5.41) is 31.5. The molecule has 0 radical (unpaired) electrons. The molecule has 2 N–H and O–H groups in total. The van der Waals surface area contributed by atoms with Crippen LogP contribution >= 0.6 is 0 Å². The Morgan fingerprint density at radius 1 is 1.07 bits per heavy atom. The van der Waals surface area contributed by atoms with E-state index in [0.29, 0.717) is 33.4 Å². The van der Waals surface area contributed by atoms with Gasteiger partial charge in [0, 0.05) is 28.6 Å². The molecule has 1 aromatic heterocycles. The van der Waals surface area contributed by atoms with Crippen LogP contribution in [0.3, 0.4) is 0 Å². The van der Waals surface area contributed by atoms with Crippen LogP contribution in [0.25, 0.3) is 10.9 Å². The number of aromatic amines is 1. The summed E-state index contributed by atoms with van der Waals surface area (Å²) in [6.07, 6.45) is 0. The van der Waals surface area contributed by atoms with Crippen molar-refractivity contribution < 1.29 is 10.0 Å². The number of fused-ring (bicyclic) bond motifs is 1. The molecule has 4 rings (SSSR count). The molecule has 0 unspecified atom stereocenters. The lowest BCUT2D eigenvalue weighted by Gasteiger charge is -2.08. The van der Waals surface area contributed by atoms with Gasteiger partial charge in [-0.3, -0.25) is 10.1 Å². The molecule has 0 saturated carbocycles. The minimum Gasteiger partial charge on any atom is -0.494 e. The molecule has 0 spiro atoms. The molecule has 0 fully saturated rings. The molecular formula is C22H14N4O3. The van der Waals surface area contributed by atoms with E-state index in [1.165, 1.54) is 12.1 Å². The monoisotopic (exact) mass is 382 g/mol. The molecule has 0 saturated heterocycles. The van der Waals surface area contributed by atoms with E-state index < -0.39 is 4.92 Å². The zero-order valence-corrected chi connectivity index (χ0v) is 15.0. The van der Waals surface area contributed by atoms with Crippen LogP contribution in [0.4, 0.5) is 11.4 Å². The molecule has 29 heavy (non-hydrogen) atoms. The predicted octanol–water partition coefficient (Wildman–Crippen LogP) is 4.82. The van der Waals surface area contributed by atoms with E-state index in [0.717, 1.165) is 5.56 Å². The molecule has 140 valence electrons. The van der Waals surface area contributed by atoms with E-state index in [1.807, 2.05) is 30.3 Å². The van der Waals surface area contributed by atoms with Crippen LogP contribution in [0.2, 0.25) is 0 Å². The standard InChI is InChI=1S/C22H14N4O3/c23-13-14-5-4-8-16(11-14)24-21(15-6-2-1-3-7-15)20-18-12-17(26(28)29)9-10-19(18)25-22(20)27/h1-12,25,27H. The first-order valence-electron chi connectivity index (χ1n) is 8.70. The first-order chi connectivity index (χ1) is 14.1. The fraction of sp³-hybridized carbons (Fsp3) is 0. The molecule has 0 aliphatic heterocycles. The summed E-state index contributed by atoms with van der Waals surface area (Å²) in [5.41, 5.74) is 2.97. The second-order valence-electron chi connectivity index (χ2n) is 6.32. The summed E-state index contributed by atoms with van der Waals surface area (Å²) >= 11 is 0. The zero-order valence-electron chi connectivity index (χ0n) is 15.0. The van der Waals surface area contributed by atoms with Gasteiger partial charge >= 0.3 is 0 Å². The molecule has 7 heteroatoms. The number of H-pyrrole nitrogens is 1. The van der Waals surface area contributed by atoms with Gasteiger partial charge in [-0.05, 0) is 24.3 Å². The first kappa shape index (κ1) is 17.9. The van der Waals surface area contributed by atoms with E-state index >= 15 is 0 Å². The Morgan fingerprint density at radius 3 is 2.59 bits per heavy atom. The molecular weight excluding hydrogens is 368 g/mol. The summed E-state index contributed by atoms with van der Waals surface area (Å²) in [5.74, 6) is -0.139. The Bertz CT molecular complexity index is 1300. The fourth-order valence-corrected chi connectivity index (χ4v) is 3.15. The number of aliphatic imine (C=N–C) groups is 1. The second kappa shape index (κ2) is 7.29. The lowest BCUT2D eigenvalue weighted by Crippen LogP contribution is -2.03. The third kappa shape index (κ3) is 3.42. The van der Waals surface area contributed by atoms with E-state index in [4.69, 9.17) is 5.26 Å². The van der Waals surface area contributed by atoms with Crippen molar-refractivity contribution in [3.63, 3.8) is 0 Å². The van der Waals surface area contributed by atoms with Crippen molar-refractivity contribution >= 4 is 28.0 Å². The predicted molar refractivity (Wildman–Crippen MR) is 110 cm³/mol. The molecule has 0 atom stereocenters. The Morgan fingerprint density at radius 2 is 1.86 bits per heavy atom. The quantitative estimate of drug-likeness (QED) is 0.299. The molecule has 7 nitrogen and oxygen atoms in total. The number of nitriles is 1. The summed E-state index contributed by atoms with van der Waals surface area (Å²) in [6.45, 7) is 0. The minimum atomic E-state index is -0.483. The van der Waals surface area contributed by atoms with E-state index in [-0.39, 0.29) is 11.6 Å². The Hall–Kier alpha value is -4.44. The second-order valence-corrected chi connectivity index (χ2v) is 6.32. The highest BCUT2D eigenvalue weighted by Crippen LogP contribution is 2.33. The van der Waals surface area contributed by atoms with Crippen molar-refractivity contribution in [3.8, 4) is 11.9 Å². The van der Waals surface area contributed by atoms with Crippen molar-refractivity contribution in [2.75, 3.05) is 0 Å². The highest BCUT2D eigenvalue weighted by molar-refractivity contribution is 6.22. The summed E-state index contributed by atoms with van der Waals surface area (Å²) < 4.78 is 0. The van der Waals surface area contributed by atoms with Gasteiger partial charge in [-0.25, -0.2) is 4.99 Å². The van der Waals surface area contributed by atoms with Gasteiger partial charge in [-0.15, -0.1) is 0 Å². The number of nitro benzene ring substituents is 1. The van der Waals surface area contributed by atoms with Gasteiger partial charge in [-0.1, -0.05) is 36.4 Å². The third-order valence-corrected chi connectivity index (χ3v) is 4.47. The largest absolute Gasteiger partial charge is 0.494 e. The number of aromatic hydroxyl groups is 1. The number of nitrogens with zero attached hydrogens (tertiary/aromatic N) is 3. The number of hydrogen-bond donors (Lipinski definition) is 2. The van der Waals surface area contributed by atoms with Crippen LogP contribution in [-0.4, -0.2) is 20.7 Å². The molecule has 0 bridgehead atoms. The summed E-state index contributed by atoms with van der Waals surface area (Å²) in [7, 11) is 0. The number of nitro groups is 1. The average molecular weight is 382 g/mol. The average Bonchev–Trinajstić information content (AvgIpc) is 3.07. The lowest BCUT2D eigenvalue weighted by molar-refractivity contribution is -0.384. The maximum absolute atomic E-state index is 11.2. The summed E-state index contributed by atoms with van der Waals surface area (Å²) in [6, 6.07) is 22.4. The van der Waals surface area contributed by atoms with Crippen molar-refractivity contribution in [1.82, 2.24) is 4.98 Å². The minimum absolute atomic E-state index is 0.0864. The van der Waals surface area contributed by atoms with Crippen LogP contribution in [0.15, 0.2) is 77.8 Å². The number of hydrogen-bond acceptors (Lipinski definition) is 5.